The van der Waals surface area contributed by atoms with E-state index in [-0.39, 0.29) is 29.0 Å². The van der Waals surface area contributed by atoms with Crippen molar-refractivity contribution in [3.63, 3.8) is 0 Å². The van der Waals surface area contributed by atoms with Gasteiger partial charge >= 0.3 is 0 Å². The van der Waals surface area contributed by atoms with Crippen LogP contribution in [-0.2, 0) is 22.1 Å². The van der Waals surface area contributed by atoms with E-state index in [4.69, 9.17) is 36.9 Å². The van der Waals surface area contributed by atoms with Crippen LogP contribution in [0.3, 0.4) is 0 Å². The fourth-order valence-electron chi connectivity index (χ4n) is 3.42. The summed E-state index contributed by atoms with van der Waals surface area (Å²) in [6, 6.07) is 5.74. The smallest absolute Gasteiger partial charge is 0.274 e. The Morgan fingerprint density at radius 2 is 1.86 bits per heavy atom. The van der Waals surface area contributed by atoms with E-state index < -0.39 is 14.3 Å². The highest BCUT2D eigenvalue weighted by Crippen LogP contribution is 2.38. The summed E-state index contributed by atoms with van der Waals surface area (Å²) in [4.78, 5) is 25.0. The predicted octanol–water partition coefficient (Wildman–Crippen LogP) is 3.75. The van der Waals surface area contributed by atoms with Gasteiger partial charge in [0.05, 0.1) is 37.4 Å². The molecule has 0 spiro atoms. The Bertz CT molecular complexity index is 1150. The molecule has 0 aliphatic heterocycles. The van der Waals surface area contributed by atoms with Gasteiger partial charge in [-0.1, -0.05) is 11.6 Å². The summed E-state index contributed by atoms with van der Waals surface area (Å²) in [5.74, 6) is 0.787. The zero-order chi connectivity index (χ0) is 25.4. The molecule has 1 aromatic carbocycles. The third-order valence-corrected chi connectivity index (χ3v) is 6.99. The molecular formula is C22H31ClN7O4P. The highest BCUT2D eigenvalue weighted by Gasteiger charge is 2.18. The van der Waals surface area contributed by atoms with Gasteiger partial charge in [-0.25, -0.2) is 15.0 Å². The van der Waals surface area contributed by atoms with Crippen LogP contribution in [0.25, 0.3) is 11.0 Å². The molecule has 2 heterocycles. The number of amides is 1. The monoisotopic (exact) mass is 523 g/mol. The predicted molar refractivity (Wildman–Crippen MR) is 138 cm³/mol. The number of carbonyl (C=O) groups is 1. The number of nitrogens with one attached hydrogen (secondary N) is 1. The molecule has 2 aromatic heterocycles. The first-order valence-corrected chi connectivity index (χ1v) is 13.1. The molecule has 0 aliphatic rings. The summed E-state index contributed by atoms with van der Waals surface area (Å²) in [5.41, 5.74) is 13.0. The Kier molecular flexibility index (Phi) is 9.85. The minimum absolute atomic E-state index is 0.0316. The Balaban J connectivity index is 1.65. The second-order valence-electron chi connectivity index (χ2n) is 7.33. The van der Waals surface area contributed by atoms with Crippen LogP contribution in [0.5, 0.6) is 5.75 Å². The average Bonchev–Trinajstić information content (AvgIpc) is 3.19. The van der Waals surface area contributed by atoms with Crippen LogP contribution < -0.4 is 21.5 Å². The topological polar surface area (TPSA) is 152 Å². The molecule has 190 valence electrons. The van der Waals surface area contributed by atoms with Gasteiger partial charge in [0.2, 0.25) is 0 Å². The van der Waals surface area contributed by atoms with E-state index in [0.717, 1.165) is 29.4 Å². The van der Waals surface area contributed by atoms with E-state index >= 15 is 0 Å². The highest BCUT2D eigenvalue weighted by molar-refractivity contribution is 7.47. The van der Waals surface area contributed by atoms with Gasteiger partial charge in [-0.2, -0.15) is 0 Å². The van der Waals surface area contributed by atoms with Gasteiger partial charge in [0.25, 0.3) is 5.91 Å². The number of hydrogen-bond acceptors (Lipinski definition) is 9. The molecule has 11 nitrogen and oxygen atoms in total. The van der Waals surface area contributed by atoms with Gasteiger partial charge in [0, 0.05) is 18.8 Å². The largest absolute Gasteiger partial charge is 0.494 e. The van der Waals surface area contributed by atoms with Gasteiger partial charge in [-0.15, -0.1) is 0 Å². The summed E-state index contributed by atoms with van der Waals surface area (Å²) in [5, 5.41) is 2.69. The first-order valence-electron chi connectivity index (χ1n) is 11.4. The SMILES string of the molecule is CCOP(CCCOc1ccc2nc(CNC(=O)c3nc(Cl)c(N)nc3N)n(CC)c2c1)OCC. The number of aromatic nitrogens is 4. The van der Waals surface area contributed by atoms with Crippen molar-refractivity contribution in [1.82, 2.24) is 24.8 Å². The van der Waals surface area contributed by atoms with Crippen molar-refractivity contribution in [1.29, 1.82) is 0 Å². The van der Waals surface area contributed by atoms with Gasteiger partial charge in [0.1, 0.15) is 11.6 Å². The number of anilines is 2. The van der Waals surface area contributed by atoms with Crippen molar-refractivity contribution < 1.29 is 18.6 Å². The molecule has 0 aliphatic carbocycles. The number of aryl methyl sites for hydroxylation is 1. The van der Waals surface area contributed by atoms with Crippen molar-refractivity contribution in [3.8, 4) is 5.75 Å². The minimum Gasteiger partial charge on any atom is -0.494 e. The Labute approximate surface area is 210 Å². The number of carbonyl (C=O) groups excluding carboxylic acids is 1. The van der Waals surface area contributed by atoms with E-state index in [1.54, 1.807) is 0 Å². The van der Waals surface area contributed by atoms with Crippen LogP contribution in [-0.4, -0.2) is 51.4 Å². The molecule has 0 saturated heterocycles. The average molecular weight is 524 g/mol. The Morgan fingerprint density at radius 3 is 2.54 bits per heavy atom. The van der Waals surface area contributed by atoms with Crippen LogP contribution in [0.4, 0.5) is 11.6 Å². The summed E-state index contributed by atoms with van der Waals surface area (Å²) in [7, 11) is -0.865. The van der Waals surface area contributed by atoms with E-state index in [0.29, 0.717) is 32.2 Å². The molecule has 35 heavy (non-hydrogen) atoms. The summed E-state index contributed by atoms with van der Waals surface area (Å²) >= 11 is 5.88. The number of nitrogens with zero attached hydrogens (tertiary/aromatic N) is 4. The molecule has 0 saturated carbocycles. The summed E-state index contributed by atoms with van der Waals surface area (Å²) < 4.78 is 19.2. The third kappa shape index (κ3) is 6.91. The fourth-order valence-corrected chi connectivity index (χ4v) is 4.84. The standard InChI is InChI=1S/C22H31ClN7O4P/c1-4-30-16-12-14(32-10-7-11-35(33-5-2)34-6-3)8-9-15(16)27-17(30)13-26-22(31)18-20(24)29-21(25)19(23)28-18/h8-9,12H,4-7,10-11,13H2,1-3H3,(H,26,31)(H4,24,25,29). The first-order chi connectivity index (χ1) is 16.9. The molecule has 0 bridgehead atoms. The highest BCUT2D eigenvalue weighted by atomic mass is 35.5. The van der Waals surface area contributed by atoms with Crippen LogP contribution in [0.15, 0.2) is 18.2 Å². The molecule has 0 fully saturated rings. The molecule has 0 unspecified atom stereocenters. The Morgan fingerprint density at radius 1 is 1.11 bits per heavy atom. The molecule has 1 amide bonds. The third-order valence-electron chi connectivity index (χ3n) is 4.94. The second-order valence-corrected chi connectivity index (χ2v) is 9.32. The van der Waals surface area contributed by atoms with Crippen molar-refractivity contribution in [2.45, 2.75) is 40.3 Å². The van der Waals surface area contributed by atoms with Gasteiger partial charge in [0.15, 0.2) is 30.9 Å². The Hall–Kier alpha value is -2.72. The molecule has 3 aromatic rings. The van der Waals surface area contributed by atoms with Crippen LogP contribution in [0.2, 0.25) is 5.15 Å². The number of benzene rings is 1. The lowest BCUT2D eigenvalue weighted by Crippen LogP contribution is -2.27. The summed E-state index contributed by atoms with van der Waals surface area (Å²) in [6.07, 6.45) is 1.65. The van der Waals surface area contributed by atoms with E-state index in [1.165, 1.54) is 0 Å². The van der Waals surface area contributed by atoms with Crippen molar-refractivity contribution >= 4 is 48.6 Å². The molecule has 0 atom stereocenters. The lowest BCUT2D eigenvalue weighted by Gasteiger charge is -2.15. The van der Waals surface area contributed by atoms with E-state index in [9.17, 15) is 4.79 Å². The molecule has 0 radical (unpaired) electrons. The number of halogens is 1. The summed E-state index contributed by atoms with van der Waals surface area (Å²) in [6.45, 7) is 8.60. The molecule has 13 heteroatoms. The number of ether oxygens (including phenoxy) is 1. The van der Waals surface area contributed by atoms with Gasteiger partial charge < -0.3 is 35.1 Å². The number of hydrogen-bond donors (Lipinski definition) is 3. The number of nitrogen functional groups attached to an aromatic ring is 2. The maximum Gasteiger partial charge on any atom is 0.274 e. The number of imidazole rings is 1. The quantitative estimate of drug-likeness (QED) is 0.224. The van der Waals surface area contributed by atoms with Crippen LogP contribution in [0, 0.1) is 0 Å². The zero-order valence-corrected chi connectivity index (χ0v) is 21.7. The molecule has 5 N–H and O–H groups in total. The molecular weight excluding hydrogens is 493 g/mol. The van der Waals surface area contributed by atoms with Crippen molar-refractivity contribution in [2.24, 2.45) is 0 Å². The maximum atomic E-state index is 12.6. The number of nitrogens with two attached hydrogens (primary N) is 2. The second kappa shape index (κ2) is 12.8. The maximum absolute atomic E-state index is 12.6. The fraction of sp³-hybridized carbons (Fsp3) is 0.455. The normalized spacial score (nSPS) is 11.3. The van der Waals surface area contributed by atoms with Crippen molar-refractivity contribution in [3.05, 3.63) is 34.9 Å². The minimum atomic E-state index is -0.865. The van der Waals surface area contributed by atoms with Crippen LogP contribution >= 0.6 is 20.0 Å². The van der Waals surface area contributed by atoms with Crippen molar-refractivity contribution in [2.75, 3.05) is 37.4 Å². The lowest BCUT2D eigenvalue weighted by molar-refractivity contribution is 0.0945. The van der Waals surface area contributed by atoms with Gasteiger partial charge in [-0.3, -0.25) is 4.79 Å². The molecule has 3 rings (SSSR count). The van der Waals surface area contributed by atoms with Crippen LogP contribution in [0.1, 0.15) is 43.5 Å². The van der Waals surface area contributed by atoms with Gasteiger partial charge in [-0.05, 0) is 39.3 Å². The van der Waals surface area contributed by atoms with E-state index in [1.807, 2.05) is 43.5 Å². The number of fused-ring (bicyclic) bond motifs is 1. The van der Waals surface area contributed by atoms with E-state index in [2.05, 4.69) is 20.3 Å². The first kappa shape index (κ1) is 26.9. The number of rotatable bonds is 13. The zero-order valence-electron chi connectivity index (χ0n) is 20.1. The lowest BCUT2D eigenvalue weighted by atomic mass is 10.3.